The van der Waals surface area contributed by atoms with Crippen LogP contribution in [-0.4, -0.2) is 12.5 Å². The monoisotopic (exact) mass is 321 g/mol. The number of aryl methyl sites for hydroxylation is 1. The molecule has 23 heavy (non-hydrogen) atoms. The van der Waals surface area contributed by atoms with Crippen LogP contribution < -0.4 is 5.32 Å². The molecule has 1 N–H and O–H groups in total. The van der Waals surface area contributed by atoms with E-state index in [1.165, 1.54) is 18.4 Å². The Morgan fingerprint density at radius 3 is 2.74 bits per heavy atom. The first-order chi connectivity index (χ1) is 10.9. The van der Waals surface area contributed by atoms with Gasteiger partial charge in [-0.1, -0.05) is 17.9 Å². The first-order valence-corrected chi connectivity index (χ1v) is 6.90. The van der Waals surface area contributed by atoms with Crippen LogP contribution in [0.5, 0.6) is 0 Å². The molecule has 0 unspecified atom stereocenters. The molecule has 0 fully saturated rings. The first-order valence-electron chi connectivity index (χ1n) is 6.90. The lowest BCUT2D eigenvalue weighted by Crippen LogP contribution is -2.23. The molecule has 0 aliphatic heterocycles. The van der Waals surface area contributed by atoms with Gasteiger partial charge < -0.3 is 9.73 Å². The third kappa shape index (κ3) is 5.55. The molecule has 0 aliphatic carbocycles. The molecule has 1 aromatic heterocycles. The molecule has 2 rings (SSSR count). The van der Waals surface area contributed by atoms with E-state index in [9.17, 15) is 18.0 Å². The van der Waals surface area contributed by atoms with Gasteiger partial charge in [-0.25, -0.2) is 0 Å². The van der Waals surface area contributed by atoms with E-state index in [0.29, 0.717) is 6.42 Å². The van der Waals surface area contributed by atoms with Crippen molar-refractivity contribution >= 4 is 5.91 Å². The maximum absolute atomic E-state index is 12.6. The molecule has 0 bridgehead atoms. The van der Waals surface area contributed by atoms with Crippen LogP contribution >= 0.6 is 0 Å². The van der Waals surface area contributed by atoms with Crippen LogP contribution in [0.3, 0.4) is 0 Å². The predicted molar refractivity (Wildman–Crippen MR) is 78.4 cm³/mol. The maximum Gasteiger partial charge on any atom is 0.416 e. The fourth-order valence-electron chi connectivity index (χ4n) is 1.84. The minimum absolute atomic E-state index is 0.0766. The van der Waals surface area contributed by atoms with Crippen molar-refractivity contribution in [3.63, 3.8) is 0 Å². The Hall–Kier alpha value is -2.68. The fraction of sp³-hybridized carbons (Fsp3) is 0.235. The number of alkyl halides is 3. The summed E-state index contributed by atoms with van der Waals surface area (Å²) >= 11 is 0. The summed E-state index contributed by atoms with van der Waals surface area (Å²) in [6.07, 6.45) is -2.11. The number of hydrogen-bond donors (Lipinski definition) is 1. The Morgan fingerprint density at radius 1 is 1.22 bits per heavy atom. The van der Waals surface area contributed by atoms with E-state index < -0.39 is 11.7 Å². The molecule has 2 aromatic rings. The van der Waals surface area contributed by atoms with Gasteiger partial charge in [-0.2, -0.15) is 13.2 Å². The van der Waals surface area contributed by atoms with Crippen LogP contribution in [0.2, 0.25) is 0 Å². The molecule has 1 amide bonds. The number of amides is 1. The number of rotatable bonds is 4. The summed E-state index contributed by atoms with van der Waals surface area (Å²) in [4.78, 5) is 11.6. The topological polar surface area (TPSA) is 42.2 Å². The Kier molecular flexibility index (Phi) is 5.47. The van der Waals surface area contributed by atoms with E-state index in [2.05, 4.69) is 17.2 Å². The van der Waals surface area contributed by atoms with Gasteiger partial charge in [0.1, 0.15) is 5.76 Å². The number of hydrogen-bond acceptors (Lipinski definition) is 2. The SMILES string of the molecule is O=C(CCc1ccco1)NCC#Cc1cccc(C(F)(F)F)c1. The van der Waals surface area contributed by atoms with E-state index in [0.717, 1.165) is 17.9 Å². The first kappa shape index (κ1) is 16.7. The number of nitrogens with one attached hydrogen (secondary N) is 1. The lowest BCUT2D eigenvalue weighted by molar-refractivity contribution is -0.137. The molecule has 120 valence electrons. The average Bonchev–Trinajstić information content (AvgIpc) is 3.02. The predicted octanol–water partition coefficient (Wildman–Crippen LogP) is 3.40. The molecule has 0 radical (unpaired) electrons. The van der Waals surface area contributed by atoms with Gasteiger partial charge >= 0.3 is 6.18 Å². The molecule has 1 heterocycles. The van der Waals surface area contributed by atoms with Crippen molar-refractivity contribution in [2.45, 2.75) is 19.0 Å². The van der Waals surface area contributed by atoms with Gasteiger partial charge in [0.15, 0.2) is 0 Å². The van der Waals surface area contributed by atoms with Gasteiger partial charge in [-0.15, -0.1) is 0 Å². The van der Waals surface area contributed by atoms with Crippen LogP contribution in [0.15, 0.2) is 47.1 Å². The third-order valence-electron chi connectivity index (χ3n) is 2.98. The third-order valence-corrected chi connectivity index (χ3v) is 2.98. The summed E-state index contributed by atoms with van der Waals surface area (Å²) in [7, 11) is 0. The molecule has 6 heteroatoms. The van der Waals surface area contributed by atoms with Crippen molar-refractivity contribution in [1.29, 1.82) is 0 Å². The molecule has 3 nitrogen and oxygen atoms in total. The standard InChI is InChI=1S/C17H14F3NO2/c18-17(19,20)14-6-1-4-13(12-14)5-2-10-21-16(22)9-8-15-7-3-11-23-15/h1,3-4,6-7,11-12H,8-10H2,(H,21,22). The van der Waals surface area contributed by atoms with Crippen molar-refractivity contribution in [2.75, 3.05) is 6.54 Å². The quantitative estimate of drug-likeness (QED) is 0.877. The molecule has 0 atom stereocenters. The zero-order valence-electron chi connectivity index (χ0n) is 12.1. The van der Waals surface area contributed by atoms with Gasteiger partial charge in [0, 0.05) is 18.4 Å². The second-order valence-corrected chi connectivity index (χ2v) is 4.74. The average molecular weight is 321 g/mol. The molecular weight excluding hydrogens is 307 g/mol. The molecular formula is C17H14F3NO2. The van der Waals surface area contributed by atoms with Crippen molar-refractivity contribution in [1.82, 2.24) is 5.32 Å². The van der Waals surface area contributed by atoms with Crippen LogP contribution in [-0.2, 0) is 17.4 Å². The van der Waals surface area contributed by atoms with Gasteiger partial charge in [-0.3, -0.25) is 4.79 Å². The number of furan rings is 1. The maximum atomic E-state index is 12.6. The highest BCUT2D eigenvalue weighted by Crippen LogP contribution is 2.29. The van der Waals surface area contributed by atoms with Crippen molar-refractivity contribution in [3.05, 3.63) is 59.5 Å². The Morgan fingerprint density at radius 2 is 2.04 bits per heavy atom. The molecule has 0 aliphatic rings. The summed E-state index contributed by atoms with van der Waals surface area (Å²) in [6.45, 7) is 0.0766. The Balaban J connectivity index is 1.80. The van der Waals surface area contributed by atoms with Crippen LogP contribution in [0, 0.1) is 11.8 Å². The highest BCUT2D eigenvalue weighted by atomic mass is 19.4. The van der Waals surface area contributed by atoms with Crippen LogP contribution in [0.1, 0.15) is 23.3 Å². The van der Waals surface area contributed by atoms with E-state index in [-0.39, 0.29) is 24.4 Å². The largest absolute Gasteiger partial charge is 0.469 e. The van der Waals surface area contributed by atoms with Gasteiger partial charge in [-0.05, 0) is 30.3 Å². The van der Waals surface area contributed by atoms with Crippen molar-refractivity contribution in [2.24, 2.45) is 0 Å². The normalized spacial score (nSPS) is 10.7. The molecule has 0 saturated heterocycles. The van der Waals surface area contributed by atoms with Gasteiger partial charge in [0.2, 0.25) is 5.91 Å². The zero-order valence-corrected chi connectivity index (χ0v) is 12.1. The summed E-state index contributed by atoms with van der Waals surface area (Å²) in [5.41, 5.74) is -0.489. The highest BCUT2D eigenvalue weighted by molar-refractivity contribution is 5.76. The number of halogens is 3. The van der Waals surface area contributed by atoms with Crippen molar-refractivity contribution < 1.29 is 22.4 Å². The lowest BCUT2D eigenvalue weighted by atomic mass is 10.1. The highest BCUT2D eigenvalue weighted by Gasteiger charge is 2.30. The number of benzene rings is 1. The number of carbonyl (C=O) groups is 1. The smallest absolute Gasteiger partial charge is 0.416 e. The minimum Gasteiger partial charge on any atom is -0.469 e. The molecule has 0 saturated carbocycles. The van der Waals surface area contributed by atoms with Crippen LogP contribution in [0.25, 0.3) is 0 Å². The lowest BCUT2D eigenvalue weighted by Gasteiger charge is -2.05. The molecule has 0 spiro atoms. The van der Waals surface area contributed by atoms with Gasteiger partial charge in [0.25, 0.3) is 0 Å². The minimum atomic E-state index is -4.39. The van der Waals surface area contributed by atoms with E-state index >= 15 is 0 Å². The summed E-state index contributed by atoms with van der Waals surface area (Å²) < 4.78 is 42.8. The van der Waals surface area contributed by atoms with E-state index in [1.807, 2.05) is 0 Å². The fourth-order valence-corrected chi connectivity index (χ4v) is 1.84. The van der Waals surface area contributed by atoms with Crippen molar-refractivity contribution in [3.8, 4) is 11.8 Å². The second kappa shape index (κ2) is 7.54. The zero-order chi connectivity index (χ0) is 16.7. The van der Waals surface area contributed by atoms with Crippen LogP contribution in [0.4, 0.5) is 13.2 Å². The van der Waals surface area contributed by atoms with E-state index in [4.69, 9.17) is 4.42 Å². The molecule has 1 aromatic carbocycles. The summed E-state index contributed by atoms with van der Waals surface area (Å²) in [6, 6.07) is 8.28. The Bertz CT molecular complexity index is 709. The Labute approximate surface area is 131 Å². The number of carbonyl (C=O) groups excluding carboxylic acids is 1. The summed E-state index contributed by atoms with van der Waals surface area (Å²) in [5.74, 6) is 5.75. The summed E-state index contributed by atoms with van der Waals surface area (Å²) in [5, 5.41) is 2.58. The second-order valence-electron chi connectivity index (χ2n) is 4.74. The van der Waals surface area contributed by atoms with Gasteiger partial charge in [0.05, 0.1) is 18.4 Å². The van der Waals surface area contributed by atoms with E-state index in [1.54, 1.807) is 12.1 Å².